The molecule has 2 saturated carbocycles. The fourth-order valence-corrected chi connectivity index (χ4v) is 3.77. The molecule has 1 aromatic rings. The Labute approximate surface area is 140 Å². The molecule has 0 aliphatic heterocycles. The first kappa shape index (κ1) is 17.9. The third kappa shape index (κ3) is 2.57. The quantitative estimate of drug-likeness (QED) is 0.779. The molecular weight excluding hydrogens is 284 g/mol. The number of rotatable bonds is 2. The number of benzene rings is 1. The third-order valence-corrected chi connectivity index (χ3v) is 6.20. The number of aliphatic hydroxyl groups is 1. The van der Waals surface area contributed by atoms with Gasteiger partial charge in [-0.05, 0) is 24.5 Å². The number of unbranched alkanes of at least 4 members (excludes halogenated alkanes) is 1. The highest BCUT2D eigenvalue weighted by molar-refractivity contribution is 6.09. The molecule has 2 bridgehead atoms. The van der Waals surface area contributed by atoms with Gasteiger partial charge in [0.25, 0.3) is 0 Å². The van der Waals surface area contributed by atoms with Gasteiger partial charge >= 0.3 is 0 Å². The van der Waals surface area contributed by atoms with E-state index in [9.17, 15) is 9.90 Å². The normalized spacial score (nSPS) is 32.8. The van der Waals surface area contributed by atoms with E-state index in [1.165, 1.54) is 12.8 Å². The largest absolute Gasteiger partial charge is 0.384 e. The Morgan fingerprint density at radius 2 is 1.61 bits per heavy atom. The zero-order valence-corrected chi connectivity index (χ0v) is 15.1. The predicted molar refractivity (Wildman–Crippen MR) is 96.1 cm³/mol. The van der Waals surface area contributed by atoms with Gasteiger partial charge in [0.1, 0.15) is 0 Å². The van der Waals surface area contributed by atoms with Crippen molar-refractivity contribution < 1.29 is 9.90 Å². The molecule has 2 aliphatic carbocycles. The molecule has 0 heterocycles. The average Bonchev–Trinajstić information content (AvgIpc) is 2.79. The molecule has 3 rings (SSSR count). The second-order valence-electron chi connectivity index (χ2n) is 7.62. The average molecular weight is 314 g/mol. The fraction of sp³-hybridized carbons (Fsp3) is 0.571. The van der Waals surface area contributed by atoms with Crippen LogP contribution in [0.4, 0.5) is 0 Å². The summed E-state index contributed by atoms with van der Waals surface area (Å²) in [6.07, 6.45) is 5.97. The number of carbonyl (C=O) groups excluding carboxylic acids is 1. The van der Waals surface area contributed by atoms with Gasteiger partial charge in [-0.3, -0.25) is 4.79 Å². The monoisotopic (exact) mass is 314 g/mol. The second-order valence-corrected chi connectivity index (χ2v) is 7.62. The van der Waals surface area contributed by atoms with Crippen molar-refractivity contribution in [1.82, 2.24) is 0 Å². The van der Waals surface area contributed by atoms with Crippen LogP contribution in [0.3, 0.4) is 0 Å². The number of Topliss-reactive ketones (excluding diaryl/α,β-unsaturated/α-hetero) is 1. The molecule has 0 radical (unpaired) electrons. The van der Waals surface area contributed by atoms with Gasteiger partial charge < -0.3 is 5.11 Å². The van der Waals surface area contributed by atoms with Gasteiger partial charge in [-0.15, -0.1) is 0 Å². The van der Waals surface area contributed by atoms with Crippen molar-refractivity contribution in [3.8, 4) is 0 Å². The Morgan fingerprint density at radius 1 is 1.04 bits per heavy atom. The lowest BCUT2D eigenvalue weighted by Gasteiger charge is -2.35. The molecule has 2 atom stereocenters. The lowest BCUT2D eigenvalue weighted by Crippen LogP contribution is -2.40. The fourth-order valence-electron chi connectivity index (χ4n) is 3.77. The molecule has 2 aliphatic rings. The molecular formula is C21H30O2. The molecule has 0 saturated heterocycles. The SMILES string of the molecule is CC12CCC(O)(C(=Cc3ccccc3)C1=O)C2(C)C.CCCC. The van der Waals surface area contributed by atoms with Crippen LogP contribution >= 0.6 is 0 Å². The summed E-state index contributed by atoms with van der Waals surface area (Å²) in [7, 11) is 0. The minimum atomic E-state index is -0.978. The minimum absolute atomic E-state index is 0.120. The van der Waals surface area contributed by atoms with Gasteiger partial charge in [0.2, 0.25) is 0 Å². The number of carbonyl (C=O) groups is 1. The van der Waals surface area contributed by atoms with Crippen LogP contribution in [0.2, 0.25) is 0 Å². The first-order valence-corrected chi connectivity index (χ1v) is 8.79. The van der Waals surface area contributed by atoms with Crippen LogP contribution in [0.25, 0.3) is 6.08 Å². The van der Waals surface area contributed by atoms with Crippen molar-refractivity contribution in [2.24, 2.45) is 10.8 Å². The number of hydrogen-bond donors (Lipinski definition) is 1. The van der Waals surface area contributed by atoms with Crippen molar-refractivity contribution in [1.29, 1.82) is 0 Å². The van der Waals surface area contributed by atoms with Gasteiger partial charge in [0.05, 0.1) is 5.60 Å². The lowest BCUT2D eigenvalue weighted by molar-refractivity contribution is -0.125. The molecule has 2 nitrogen and oxygen atoms in total. The summed E-state index contributed by atoms with van der Waals surface area (Å²) < 4.78 is 0. The first-order chi connectivity index (χ1) is 10.7. The summed E-state index contributed by atoms with van der Waals surface area (Å²) in [6, 6.07) is 9.77. The Balaban J connectivity index is 0.000000433. The van der Waals surface area contributed by atoms with E-state index in [2.05, 4.69) is 13.8 Å². The molecule has 2 unspecified atom stereocenters. The molecule has 0 amide bonds. The van der Waals surface area contributed by atoms with E-state index in [-0.39, 0.29) is 5.78 Å². The van der Waals surface area contributed by atoms with E-state index in [0.29, 0.717) is 12.0 Å². The van der Waals surface area contributed by atoms with Crippen LogP contribution in [0, 0.1) is 10.8 Å². The highest BCUT2D eigenvalue weighted by Crippen LogP contribution is 2.67. The van der Waals surface area contributed by atoms with Gasteiger partial charge in [-0.25, -0.2) is 0 Å². The van der Waals surface area contributed by atoms with Crippen LogP contribution in [-0.4, -0.2) is 16.5 Å². The van der Waals surface area contributed by atoms with E-state index in [1.807, 2.05) is 57.2 Å². The van der Waals surface area contributed by atoms with Crippen LogP contribution in [0.5, 0.6) is 0 Å². The molecule has 0 spiro atoms. The summed E-state index contributed by atoms with van der Waals surface area (Å²) in [6.45, 7) is 10.4. The highest BCUT2D eigenvalue weighted by atomic mass is 16.3. The van der Waals surface area contributed by atoms with E-state index in [0.717, 1.165) is 12.0 Å². The molecule has 2 fully saturated rings. The van der Waals surface area contributed by atoms with Crippen molar-refractivity contribution in [2.75, 3.05) is 0 Å². The molecule has 1 N–H and O–H groups in total. The zero-order valence-electron chi connectivity index (χ0n) is 15.1. The first-order valence-electron chi connectivity index (χ1n) is 8.79. The van der Waals surface area contributed by atoms with Crippen molar-refractivity contribution in [2.45, 2.75) is 65.9 Å². The van der Waals surface area contributed by atoms with Crippen LogP contribution < -0.4 is 0 Å². The lowest BCUT2D eigenvalue weighted by atomic mass is 9.69. The Hall–Kier alpha value is -1.41. The van der Waals surface area contributed by atoms with Gasteiger partial charge in [-0.2, -0.15) is 0 Å². The Kier molecular flexibility index (Phi) is 4.86. The summed E-state index contributed by atoms with van der Waals surface area (Å²) >= 11 is 0. The van der Waals surface area contributed by atoms with Gasteiger partial charge in [0.15, 0.2) is 5.78 Å². The van der Waals surface area contributed by atoms with Gasteiger partial charge in [-0.1, -0.05) is 77.8 Å². The predicted octanol–water partition coefficient (Wildman–Crippen LogP) is 5.02. The third-order valence-electron chi connectivity index (χ3n) is 6.20. The zero-order chi connectivity index (χ0) is 17.3. The van der Waals surface area contributed by atoms with Gasteiger partial charge in [0, 0.05) is 16.4 Å². The molecule has 23 heavy (non-hydrogen) atoms. The summed E-state index contributed by atoms with van der Waals surface area (Å²) in [5.74, 6) is 0.120. The number of hydrogen-bond acceptors (Lipinski definition) is 2. The Morgan fingerprint density at radius 3 is 2.04 bits per heavy atom. The van der Waals surface area contributed by atoms with E-state index >= 15 is 0 Å². The summed E-state index contributed by atoms with van der Waals surface area (Å²) in [4.78, 5) is 12.7. The molecule has 126 valence electrons. The van der Waals surface area contributed by atoms with Crippen LogP contribution in [0.15, 0.2) is 35.9 Å². The van der Waals surface area contributed by atoms with E-state index in [4.69, 9.17) is 0 Å². The Bertz CT molecular complexity index is 598. The topological polar surface area (TPSA) is 37.3 Å². The van der Waals surface area contributed by atoms with E-state index in [1.54, 1.807) is 0 Å². The maximum Gasteiger partial charge on any atom is 0.168 e. The molecule has 0 aromatic heterocycles. The summed E-state index contributed by atoms with van der Waals surface area (Å²) in [5, 5.41) is 11.0. The van der Waals surface area contributed by atoms with Crippen LogP contribution in [-0.2, 0) is 4.79 Å². The van der Waals surface area contributed by atoms with Crippen molar-refractivity contribution in [3.05, 3.63) is 41.5 Å². The van der Waals surface area contributed by atoms with E-state index < -0.39 is 16.4 Å². The maximum atomic E-state index is 12.7. The smallest absolute Gasteiger partial charge is 0.168 e. The van der Waals surface area contributed by atoms with Crippen molar-refractivity contribution in [3.63, 3.8) is 0 Å². The minimum Gasteiger partial charge on any atom is -0.384 e. The van der Waals surface area contributed by atoms with Crippen molar-refractivity contribution >= 4 is 11.9 Å². The number of fused-ring (bicyclic) bond motifs is 2. The molecule has 2 heteroatoms. The highest BCUT2D eigenvalue weighted by Gasteiger charge is 2.71. The maximum absolute atomic E-state index is 12.7. The standard InChI is InChI=1S/C17H20O2.C4H10/c1-15(2)16(3)9-10-17(15,19)13(14(16)18)11-12-7-5-4-6-8-12;1-3-4-2/h4-8,11,19H,9-10H2,1-3H3;3-4H2,1-2H3. The molecule has 1 aromatic carbocycles. The second kappa shape index (κ2) is 6.24. The van der Waals surface area contributed by atoms with Crippen LogP contribution in [0.1, 0.15) is 65.9 Å². The number of ketones is 1. The summed E-state index contributed by atoms with van der Waals surface area (Å²) in [5.41, 5.74) is -0.224.